The van der Waals surface area contributed by atoms with Crippen LogP contribution in [-0.2, 0) is 4.79 Å². The maximum Gasteiger partial charge on any atom is 0.255 e. The molecule has 1 aliphatic rings. The lowest BCUT2D eigenvalue weighted by atomic mass is 9.95. The van der Waals surface area contributed by atoms with E-state index in [2.05, 4.69) is 4.98 Å². The van der Waals surface area contributed by atoms with Gasteiger partial charge in [0.05, 0.1) is 21.8 Å². The highest BCUT2D eigenvalue weighted by Crippen LogP contribution is 2.25. The Labute approximate surface area is 139 Å². The number of aryl methyl sites for hydroxylation is 1. The first-order chi connectivity index (χ1) is 11.1. The summed E-state index contributed by atoms with van der Waals surface area (Å²) in [4.78, 5) is 31.3. The summed E-state index contributed by atoms with van der Waals surface area (Å²) < 4.78 is 0. The van der Waals surface area contributed by atoms with Crippen molar-refractivity contribution in [1.82, 2.24) is 9.88 Å². The number of nitrogens with two attached hydrogens (primary N) is 1. The number of aromatic nitrogens is 1. The molecule has 0 spiro atoms. The quantitative estimate of drug-likeness (QED) is 0.940. The average Bonchev–Trinajstić information content (AvgIpc) is 3.08. The van der Waals surface area contributed by atoms with E-state index in [1.54, 1.807) is 16.2 Å². The number of hydrogen-bond acceptors (Lipinski definition) is 4. The lowest BCUT2D eigenvalue weighted by molar-refractivity contribution is -0.123. The zero-order valence-electron chi connectivity index (χ0n) is 13.0. The molecule has 23 heavy (non-hydrogen) atoms. The SMILES string of the molecule is Cc1nc(-c2cccs2)ccc1C(=O)N1CCC(C(N)=O)CC1. The van der Waals surface area contributed by atoms with E-state index >= 15 is 0 Å². The number of carbonyl (C=O) groups is 2. The van der Waals surface area contributed by atoms with Crippen LogP contribution < -0.4 is 5.73 Å². The fourth-order valence-corrected chi connectivity index (χ4v) is 3.58. The molecule has 0 atom stereocenters. The second kappa shape index (κ2) is 6.50. The zero-order valence-corrected chi connectivity index (χ0v) is 13.8. The number of carbonyl (C=O) groups excluding carboxylic acids is 2. The molecule has 0 radical (unpaired) electrons. The van der Waals surface area contributed by atoms with E-state index < -0.39 is 0 Å². The number of hydrogen-bond donors (Lipinski definition) is 1. The number of pyridine rings is 1. The fraction of sp³-hybridized carbons (Fsp3) is 0.353. The summed E-state index contributed by atoms with van der Waals surface area (Å²) in [6.07, 6.45) is 1.28. The summed E-state index contributed by atoms with van der Waals surface area (Å²) in [5.41, 5.74) is 7.59. The van der Waals surface area contributed by atoms with Crippen molar-refractivity contribution in [3.05, 3.63) is 40.9 Å². The van der Waals surface area contributed by atoms with Gasteiger partial charge in [0.1, 0.15) is 0 Å². The number of rotatable bonds is 3. The molecule has 0 bridgehead atoms. The summed E-state index contributed by atoms with van der Waals surface area (Å²) in [7, 11) is 0. The number of nitrogens with zero attached hydrogens (tertiary/aromatic N) is 2. The molecule has 0 saturated carbocycles. The molecule has 2 aromatic heterocycles. The Balaban J connectivity index is 1.74. The zero-order chi connectivity index (χ0) is 16.4. The molecule has 1 fully saturated rings. The largest absolute Gasteiger partial charge is 0.369 e. The maximum absolute atomic E-state index is 12.7. The van der Waals surface area contributed by atoms with Gasteiger partial charge in [-0.1, -0.05) is 6.07 Å². The van der Waals surface area contributed by atoms with Gasteiger partial charge in [-0.25, -0.2) is 0 Å². The Morgan fingerprint density at radius 2 is 2.00 bits per heavy atom. The van der Waals surface area contributed by atoms with Crippen molar-refractivity contribution in [1.29, 1.82) is 0 Å². The molecule has 6 heteroatoms. The summed E-state index contributed by atoms with van der Waals surface area (Å²) in [5, 5.41) is 2.01. The third-order valence-electron chi connectivity index (χ3n) is 4.27. The minimum Gasteiger partial charge on any atom is -0.369 e. The molecule has 120 valence electrons. The molecular formula is C17H19N3O2S. The van der Waals surface area contributed by atoms with Gasteiger partial charge in [-0.2, -0.15) is 0 Å². The van der Waals surface area contributed by atoms with E-state index in [1.807, 2.05) is 36.6 Å². The Hall–Kier alpha value is -2.21. The first-order valence-corrected chi connectivity index (χ1v) is 8.54. The van der Waals surface area contributed by atoms with E-state index in [4.69, 9.17) is 5.73 Å². The van der Waals surface area contributed by atoms with E-state index in [1.165, 1.54) is 0 Å². The van der Waals surface area contributed by atoms with Crippen molar-refractivity contribution in [2.75, 3.05) is 13.1 Å². The number of amides is 2. The Morgan fingerprint density at radius 3 is 2.57 bits per heavy atom. The predicted molar refractivity (Wildman–Crippen MR) is 90.1 cm³/mol. The molecule has 2 aromatic rings. The second-order valence-electron chi connectivity index (χ2n) is 5.78. The van der Waals surface area contributed by atoms with E-state index in [9.17, 15) is 9.59 Å². The van der Waals surface area contributed by atoms with Gasteiger partial charge in [-0.05, 0) is 43.3 Å². The molecule has 5 nitrogen and oxygen atoms in total. The summed E-state index contributed by atoms with van der Waals surface area (Å²) in [6.45, 7) is 3.00. The Morgan fingerprint density at radius 1 is 1.26 bits per heavy atom. The molecule has 2 amide bonds. The van der Waals surface area contributed by atoms with Crippen molar-refractivity contribution in [2.24, 2.45) is 11.7 Å². The van der Waals surface area contributed by atoms with Crippen LogP contribution in [-0.4, -0.2) is 34.8 Å². The van der Waals surface area contributed by atoms with Crippen LogP contribution in [0.5, 0.6) is 0 Å². The molecule has 3 rings (SSSR count). The fourth-order valence-electron chi connectivity index (χ4n) is 2.89. The van der Waals surface area contributed by atoms with Crippen LogP contribution in [0.4, 0.5) is 0 Å². The van der Waals surface area contributed by atoms with Gasteiger partial charge in [0.25, 0.3) is 5.91 Å². The molecule has 0 aromatic carbocycles. The van der Waals surface area contributed by atoms with Crippen LogP contribution in [0.2, 0.25) is 0 Å². The summed E-state index contributed by atoms with van der Waals surface area (Å²) in [6, 6.07) is 7.74. The lowest BCUT2D eigenvalue weighted by Gasteiger charge is -2.30. The minimum atomic E-state index is -0.268. The normalized spacial score (nSPS) is 15.6. The van der Waals surface area contributed by atoms with E-state index in [-0.39, 0.29) is 17.7 Å². The third-order valence-corrected chi connectivity index (χ3v) is 5.17. The van der Waals surface area contributed by atoms with Crippen LogP contribution in [0.25, 0.3) is 10.6 Å². The highest BCUT2D eigenvalue weighted by molar-refractivity contribution is 7.13. The maximum atomic E-state index is 12.7. The molecule has 3 heterocycles. The van der Waals surface area contributed by atoms with Crippen LogP contribution in [0.3, 0.4) is 0 Å². The summed E-state index contributed by atoms with van der Waals surface area (Å²) in [5.74, 6) is -0.398. The van der Waals surface area contributed by atoms with Crippen molar-refractivity contribution in [2.45, 2.75) is 19.8 Å². The Kier molecular flexibility index (Phi) is 4.43. The second-order valence-corrected chi connectivity index (χ2v) is 6.72. The predicted octanol–water partition coefficient (Wildman–Crippen LogP) is 2.46. The number of primary amides is 1. The highest BCUT2D eigenvalue weighted by Gasteiger charge is 2.27. The lowest BCUT2D eigenvalue weighted by Crippen LogP contribution is -2.42. The van der Waals surface area contributed by atoms with E-state index in [0.717, 1.165) is 16.3 Å². The highest BCUT2D eigenvalue weighted by atomic mass is 32.1. The van der Waals surface area contributed by atoms with Gasteiger partial charge in [0, 0.05) is 19.0 Å². The van der Waals surface area contributed by atoms with Crippen LogP contribution in [0.1, 0.15) is 28.9 Å². The monoisotopic (exact) mass is 329 g/mol. The van der Waals surface area contributed by atoms with Gasteiger partial charge in [-0.3, -0.25) is 14.6 Å². The molecular weight excluding hydrogens is 310 g/mol. The van der Waals surface area contributed by atoms with Gasteiger partial charge in [0.15, 0.2) is 0 Å². The summed E-state index contributed by atoms with van der Waals surface area (Å²) >= 11 is 1.63. The topological polar surface area (TPSA) is 76.3 Å². The number of thiophene rings is 1. The molecule has 1 aliphatic heterocycles. The standard InChI is InChI=1S/C17H19N3O2S/c1-11-13(4-5-14(19-11)15-3-2-10-23-15)17(22)20-8-6-12(7-9-20)16(18)21/h2-5,10,12H,6-9H2,1H3,(H2,18,21). The smallest absolute Gasteiger partial charge is 0.255 e. The van der Waals surface area contributed by atoms with Crippen molar-refractivity contribution in [3.8, 4) is 10.6 Å². The number of likely N-dealkylation sites (tertiary alicyclic amines) is 1. The third kappa shape index (κ3) is 3.27. The van der Waals surface area contributed by atoms with Crippen LogP contribution in [0.15, 0.2) is 29.6 Å². The molecule has 2 N–H and O–H groups in total. The van der Waals surface area contributed by atoms with Crippen molar-refractivity contribution < 1.29 is 9.59 Å². The van der Waals surface area contributed by atoms with Crippen molar-refractivity contribution in [3.63, 3.8) is 0 Å². The number of piperidine rings is 1. The van der Waals surface area contributed by atoms with Crippen molar-refractivity contribution >= 4 is 23.2 Å². The van der Waals surface area contributed by atoms with Gasteiger partial charge >= 0.3 is 0 Å². The first kappa shape index (κ1) is 15.7. The van der Waals surface area contributed by atoms with E-state index in [0.29, 0.717) is 31.5 Å². The van der Waals surface area contributed by atoms with Crippen LogP contribution in [0, 0.1) is 12.8 Å². The molecule has 0 unspecified atom stereocenters. The van der Waals surface area contributed by atoms with Gasteiger partial charge in [0.2, 0.25) is 5.91 Å². The van der Waals surface area contributed by atoms with Gasteiger partial charge in [-0.15, -0.1) is 11.3 Å². The molecule has 1 saturated heterocycles. The molecule has 0 aliphatic carbocycles. The average molecular weight is 329 g/mol. The van der Waals surface area contributed by atoms with Gasteiger partial charge < -0.3 is 10.6 Å². The van der Waals surface area contributed by atoms with Crippen LogP contribution >= 0.6 is 11.3 Å². The first-order valence-electron chi connectivity index (χ1n) is 7.66. The minimum absolute atomic E-state index is 0.0179. The Bertz CT molecular complexity index is 719.